The molecule has 0 atom stereocenters. The van der Waals surface area contributed by atoms with E-state index in [-0.39, 0.29) is 52.8 Å². The Hall–Kier alpha value is -2.86. The molecule has 12 heteroatoms. The average molecular weight is 595 g/mol. The predicted molar refractivity (Wildman–Crippen MR) is 149 cm³/mol. The number of thiazole rings is 1. The zero-order valence-corrected chi connectivity index (χ0v) is 24.8. The predicted octanol–water partition coefficient (Wildman–Crippen LogP) is 6.35. The summed E-state index contributed by atoms with van der Waals surface area (Å²) in [5.74, 6) is -0.192. The summed E-state index contributed by atoms with van der Waals surface area (Å²) in [7, 11) is 1.32. The fourth-order valence-corrected chi connectivity index (χ4v) is 6.35. The van der Waals surface area contributed by atoms with Crippen molar-refractivity contribution >= 4 is 35.0 Å². The van der Waals surface area contributed by atoms with Crippen molar-refractivity contribution in [2.75, 3.05) is 20.2 Å². The van der Waals surface area contributed by atoms with E-state index >= 15 is 0 Å². The largest absolute Gasteiger partial charge is 0.469 e. The molecule has 0 aliphatic carbocycles. The van der Waals surface area contributed by atoms with Gasteiger partial charge in [0.05, 0.1) is 19.2 Å². The van der Waals surface area contributed by atoms with Crippen LogP contribution in [0.15, 0.2) is 35.4 Å². The molecule has 1 aliphatic heterocycles. The van der Waals surface area contributed by atoms with E-state index < -0.39 is 5.51 Å². The molecule has 3 heterocycles. The lowest BCUT2D eigenvalue weighted by Gasteiger charge is -2.31. The van der Waals surface area contributed by atoms with E-state index in [0.717, 1.165) is 29.0 Å². The number of piperidine rings is 1. The average Bonchev–Trinajstić information content (AvgIpc) is 3.49. The molecule has 1 aliphatic rings. The second kappa shape index (κ2) is 11.9. The maximum Gasteiger partial charge on any atom is 0.446 e. The van der Waals surface area contributed by atoms with E-state index in [1.165, 1.54) is 18.4 Å². The summed E-state index contributed by atoms with van der Waals surface area (Å²) in [6.45, 7) is 9.07. The quantitative estimate of drug-likeness (QED) is 0.235. The van der Waals surface area contributed by atoms with Crippen LogP contribution in [0.2, 0.25) is 0 Å². The number of carbonyl (C=O) groups excluding carboxylic acids is 2. The minimum Gasteiger partial charge on any atom is -0.469 e. The zero-order valence-electron chi connectivity index (χ0n) is 23.2. The van der Waals surface area contributed by atoms with Gasteiger partial charge in [-0.15, -0.1) is 11.3 Å². The molecule has 0 saturated carbocycles. The highest BCUT2D eigenvalue weighted by molar-refractivity contribution is 8.00. The monoisotopic (exact) mass is 594 g/mol. The number of likely N-dealkylation sites (tertiary alicyclic amines) is 1. The van der Waals surface area contributed by atoms with Gasteiger partial charge in [0.2, 0.25) is 5.91 Å². The van der Waals surface area contributed by atoms with Crippen LogP contribution in [-0.2, 0) is 32.7 Å². The number of thioether (sulfide) groups is 1. The lowest BCUT2D eigenvalue weighted by atomic mass is 9.86. The Kier molecular flexibility index (Phi) is 8.99. The summed E-state index contributed by atoms with van der Waals surface area (Å²) in [5, 5.41) is 5.07. The number of esters is 1. The maximum atomic E-state index is 13.1. The molecular formula is C28H33F3N4O3S2. The second-order valence-electron chi connectivity index (χ2n) is 11.0. The number of carbonyl (C=O) groups is 2. The fourth-order valence-electron chi connectivity index (χ4n) is 4.64. The van der Waals surface area contributed by atoms with Crippen LogP contribution in [0.25, 0.3) is 10.6 Å². The third-order valence-corrected chi connectivity index (χ3v) is 8.81. The van der Waals surface area contributed by atoms with Crippen molar-refractivity contribution in [3.63, 3.8) is 0 Å². The molecule has 0 N–H and O–H groups in total. The van der Waals surface area contributed by atoms with Crippen LogP contribution in [-0.4, -0.2) is 57.2 Å². The Morgan fingerprint density at radius 3 is 2.45 bits per heavy atom. The Labute approximate surface area is 240 Å². The van der Waals surface area contributed by atoms with Crippen LogP contribution in [0.4, 0.5) is 13.2 Å². The lowest BCUT2D eigenvalue weighted by molar-refractivity contribution is -0.139. The van der Waals surface area contributed by atoms with Crippen LogP contribution in [0.1, 0.15) is 61.4 Å². The number of alkyl halides is 3. The van der Waals surface area contributed by atoms with Crippen molar-refractivity contribution in [2.24, 2.45) is 0 Å². The van der Waals surface area contributed by atoms with Crippen molar-refractivity contribution in [3.8, 4) is 10.6 Å². The highest BCUT2D eigenvalue weighted by Crippen LogP contribution is 2.42. The number of ether oxygens (including phenoxy) is 1. The summed E-state index contributed by atoms with van der Waals surface area (Å²) in [4.78, 5) is 32.1. The minimum absolute atomic E-state index is 0.0343. The van der Waals surface area contributed by atoms with Gasteiger partial charge in [0.15, 0.2) is 0 Å². The number of hydrogen-bond donors (Lipinski definition) is 0. The summed E-state index contributed by atoms with van der Waals surface area (Å²) < 4.78 is 45.7. The van der Waals surface area contributed by atoms with Crippen LogP contribution in [0, 0.1) is 6.92 Å². The first-order valence-electron chi connectivity index (χ1n) is 13.0. The fraction of sp³-hybridized carbons (Fsp3) is 0.500. The molecule has 2 aromatic heterocycles. The number of rotatable bonds is 7. The van der Waals surface area contributed by atoms with Crippen LogP contribution in [0.5, 0.6) is 0 Å². The molecule has 1 aromatic carbocycles. The van der Waals surface area contributed by atoms with Crippen molar-refractivity contribution in [1.29, 1.82) is 0 Å². The van der Waals surface area contributed by atoms with E-state index in [4.69, 9.17) is 0 Å². The number of halogens is 3. The van der Waals surface area contributed by atoms with Gasteiger partial charge in [0.25, 0.3) is 0 Å². The standard InChI is InChI=1S/C28H33F3N4O3S2/c1-17-10-21(14-25(37)38-5)33-35(17)16-24(36)34-8-6-18(7-9-34)23-15-32-26(39-23)19-11-20(27(2,3)4)13-22(12-19)40-28(29,30)31/h10-13,15,18H,6-9,14,16H2,1-5H3. The van der Waals surface area contributed by atoms with E-state index in [1.807, 2.05) is 44.9 Å². The number of nitrogens with zero attached hydrogens (tertiary/aromatic N) is 4. The van der Waals surface area contributed by atoms with Crippen molar-refractivity contribution in [3.05, 3.63) is 52.3 Å². The maximum absolute atomic E-state index is 13.1. The van der Waals surface area contributed by atoms with Gasteiger partial charge in [-0.3, -0.25) is 14.3 Å². The summed E-state index contributed by atoms with van der Waals surface area (Å²) in [6, 6.07) is 6.87. The number of aryl methyl sites for hydroxylation is 1. The molecule has 216 valence electrons. The molecule has 4 rings (SSSR count). The molecule has 1 saturated heterocycles. The first kappa shape index (κ1) is 30.1. The third-order valence-electron chi connectivity index (χ3n) is 6.90. The molecule has 40 heavy (non-hydrogen) atoms. The molecule has 0 bridgehead atoms. The number of aromatic nitrogens is 3. The summed E-state index contributed by atoms with van der Waals surface area (Å²) >= 11 is 1.40. The number of hydrogen-bond acceptors (Lipinski definition) is 7. The molecule has 0 unspecified atom stereocenters. The van der Waals surface area contributed by atoms with Gasteiger partial charge in [0.1, 0.15) is 11.6 Å². The number of benzene rings is 1. The normalized spacial score (nSPS) is 14.9. The van der Waals surface area contributed by atoms with Gasteiger partial charge in [-0.1, -0.05) is 20.8 Å². The lowest BCUT2D eigenvalue weighted by Crippen LogP contribution is -2.40. The summed E-state index contributed by atoms with van der Waals surface area (Å²) in [5.41, 5.74) is -1.81. The zero-order chi connectivity index (χ0) is 29.2. The van der Waals surface area contributed by atoms with Gasteiger partial charge in [-0.25, -0.2) is 4.98 Å². The van der Waals surface area contributed by atoms with Gasteiger partial charge >= 0.3 is 11.5 Å². The van der Waals surface area contributed by atoms with Crippen molar-refractivity contribution < 1.29 is 27.5 Å². The van der Waals surface area contributed by atoms with Gasteiger partial charge in [0, 0.05) is 40.3 Å². The molecule has 3 aromatic rings. The van der Waals surface area contributed by atoms with Gasteiger partial charge < -0.3 is 9.64 Å². The van der Waals surface area contributed by atoms with Gasteiger partial charge in [-0.2, -0.15) is 18.3 Å². The first-order valence-corrected chi connectivity index (χ1v) is 14.6. The molecule has 7 nitrogen and oxygen atoms in total. The van der Waals surface area contributed by atoms with Crippen LogP contribution >= 0.6 is 23.1 Å². The molecule has 0 radical (unpaired) electrons. The Balaban J connectivity index is 1.41. The van der Waals surface area contributed by atoms with Crippen LogP contribution < -0.4 is 0 Å². The Morgan fingerprint density at radius 1 is 1.12 bits per heavy atom. The Bertz CT molecular complexity index is 1370. The smallest absolute Gasteiger partial charge is 0.446 e. The Morgan fingerprint density at radius 2 is 1.82 bits per heavy atom. The van der Waals surface area contributed by atoms with E-state index in [0.29, 0.717) is 29.4 Å². The SMILES string of the molecule is COC(=O)Cc1cc(C)n(CC(=O)N2CCC(c3cnc(-c4cc(SC(F)(F)F)cc(C(C)(C)C)c4)s3)CC2)n1. The summed E-state index contributed by atoms with van der Waals surface area (Å²) in [6.07, 6.45) is 3.43. The second-order valence-corrected chi connectivity index (χ2v) is 13.2. The van der Waals surface area contributed by atoms with E-state index in [1.54, 1.807) is 22.9 Å². The molecular weight excluding hydrogens is 561 g/mol. The van der Waals surface area contributed by atoms with Crippen molar-refractivity contribution in [1.82, 2.24) is 19.7 Å². The first-order chi connectivity index (χ1) is 18.7. The highest BCUT2D eigenvalue weighted by atomic mass is 32.2. The number of methoxy groups -OCH3 is 1. The van der Waals surface area contributed by atoms with Crippen LogP contribution in [0.3, 0.4) is 0 Å². The van der Waals surface area contributed by atoms with Gasteiger partial charge in [-0.05, 0) is 72.7 Å². The molecule has 0 spiro atoms. The third kappa shape index (κ3) is 7.66. The highest BCUT2D eigenvalue weighted by Gasteiger charge is 2.31. The van der Waals surface area contributed by atoms with E-state index in [2.05, 4.69) is 14.8 Å². The van der Waals surface area contributed by atoms with Crippen molar-refractivity contribution in [2.45, 2.75) is 75.2 Å². The van der Waals surface area contributed by atoms with E-state index in [9.17, 15) is 22.8 Å². The topological polar surface area (TPSA) is 77.3 Å². The molecule has 1 amide bonds. The minimum atomic E-state index is -4.37. The molecule has 1 fully saturated rings. The number of amides is 1.